The average molecular weight is 978 g/mol. The number of ketones is 1. The molecule has 72 heavy (non-hydrogen) atoms. The molecule has 0 radical (unpaired) electrons. The third-order valence-electron chi connectivity index (χ3n) is 14.5. The van der Waals surface area contributed by atoms with Crippen LogP contribution >= 0.6 is 0 Å². The summed E-state index contributed by atoms with van der Waals surface area (Å²) in [5.41, 5.74) is 7.28. The smallest absolute Gasteiger partial charge is 0.264 e. The van der Waals surface area contributed by atoms with Crippen molar-refractivity contribution in [2.75, 3.05) is 69.4 Å². The fourth-order valence-electron chi connectivity index (χ4n) is 10.7. The number of aryl methyl sites for hydroxylation is 1. The molecule has 1 aromatic heterocycles. The first-order valence-corrected chi connectivity index (χ1v) is 24.8. The zero-order valence-corrected chi connectivity index (χ0v) is 40.7. The number of imide groups is 2. The molecule has 17 heteroatoms. The molecule has 0 saturated carbocycles. The molecule has 17 nitrogen and oxygen atoms in total. The minimum Gasteiger partial charge on any atom is -0.507 e. The van der Waals surface area contributed by atoms with Gasteiger partial charge >= 0.3 is 0 Å². The highest BCUT2D eigenvalue weighted by molar-refractivity contribution is 6.25. The quantitative estimate of drug-likeness (QED) is 0.0463. The van der Waals surface area contributed by atoms with E-state index in [1.54, 1.807) is 48.5 Å². The normalized spacial score (nSPS) is 17.9. The number of nitriles is 1. The lowest BCUT2D eigenvalue weighted by Gasteiger charge is -2.39. The number of hydrogen-bond donors (Lipinski definition) is 5. The number of hydrogen-bond acceptors (Lipinski definition) is 13. The number of aromatic hydroxyl groups is 1. The Hall–Kier alpha value is -7.39. The molecule has 9 rings (SSSR count). The number of fused-ring (bicyclic) bond motifs is 5. The SMILES string of the molecule is CCc1cc2c(cc1N1CCC(C(CCNC(=O)c3ccccc3O)OCCOCCOCCNc3cccc4c3C(=O)N(C3CCC(=O)NC3=O)C4=O)CC1)C(C)(C)c1[nH]c3cc(C#N)ccc3c1C2=O. The second kappa shape index (κ2) is 21.1. The lowest BCUT2D eigenvalue weighted by Crippen LogP contribution is -2.54. The van der Waals surface area contributed by atoms with Crippen LogP contribution in [0.3, 0.4) is 0 Å². The number of carbonyl (C=O) groups is 6. The number of benzene rings is 4. The Balaban J connectivity index is 0.777. The minimum atomic E-state index is -1.05. The first-order valence-electron chi connectivity index (χ1n) is 24.8. The van der Waals surface area contributed by atoms with Gasteiger partial charge in [0, 0.05) is 71.5 Å². The lowest BCUT2D eigenvalue weighted by molar-refractivity contribution is -0.136. The van der Waals surface area contributed by atoms with Crippen molar-refractivity contribution >= 4 is 57.6 Å². The summed E-state index contributed by atoms with van der Waals surface area (Å²) < 4.78 is 18.2. The Bertz CT molecular complexity index is 3000. The molecule has 374 valence electrons. The monoisotopic (exact) mass is 977 g/mol. The molecule has 4 heterocycles. The fraction of sp³-hybridized carbons (Fsp3) is 0.400. The second-order valence-electron chi connectivity index (χ2n) is 19.2. The van der Waals surface area contributed by atoms with Crippen molar-refractivity contribution in [2.24, 2.45) is 5.92 Å². The van der Waals surface area contributed by atoms with E-state index in [1.807, 2.05) is 6.07 Å². The number of rotatable bonds is 19. The van der Waals surface area contributed by atoms with Crippen LogP contribution in [-0.4, -0.2) is 122 Å². The molecule has 5 amide bonds. The predicted octanol–water partition coefficient (Wildman–Crippen LogP) is 6.15. The number of amides is 5. The van der Waals surface area contributed by atoms with E-state index in [2.05, 4.69) is 64.8 Å². The van der Waals surface area contributed by atoms with Gasteiger partial charge in [-0.3, -0.25) is 39.0 Å². The van der Waals surface area contributed by atoms with Crippen LogP contribution in [0.2, 0.25) is 0 Å². The maximum absolute atomic E-state index is 14.3. The number of nitrogens with zero attached hydrogens (tertiary/aromatic N) is 3. The summed E-state index contributed by atoms with van der Waals surface area (Å²) in [6.45, 7) is 10.2. The molecule has 2 unspecified atom stereocenters. The largest absolute Gasteiger partial charge is 0.507 e. The summed E-state index contributed by atoms with van der Waals surface area (Å²) in [5, 5.41) is 29.0. The highest BCUT2D eigenvalue weighted by Crippen LogP contribution is 2.46. The molecular formula is C55H59N7O10. The third-order valence-corrected chi connectivity index (χ3v) is 14.5. The number of phenols is 1. The van der Waals surface area contributed by atoms with Crippen molar-refractivity contribution in [1.29, 1.82) is 5.26 Å². The molecule has 2 saturated heterocycles. The van der Waals surface area contributed by atoms with Gasteiger partial charge in [-0.1, -0.05) is 45.0 Å². The first-order chi connectivity index (χ1) is 34.8. The molecule has 5 N–H and O–H groups in total. The molecule has 3 aliphatic heterocycles. The Labute approximate surface area is 417 Å². The molecule has 2 fully saturated rings. The Kier molecular flexibility index (Phi) is 14.6. The number of para-hydroxylation sites is 1. The zero-order valence-electron chi connectivity index (χ0n) is 40.7. The Morgan fingerprint density at radius 2 is 1.64 bits per heavy atom. The first kappa shape index (κ1) is 49.6. The van der Waals surface area contributed by atoms with E-state index in [1.165, 1.54) is 6.07 Å². The van der Waals surface area contributed by atoms with E-state index < -0.39 is 35.1 Å². The molecule has 2 atom stereocenters. The van der Waals surface area contributed by atoms with Crippen LogP contribution in [0.25, 0.3) is 10.9 Å². The van der Waals surface area contributed by atoms with Crippen molar-refractivity contribution < 1.29 is 48.1 Å². The van der Waals surface area contributed by atoms with Gasteiger partial charge in [0.05, 0.1) is 73.0 Å². The maximum atomic E-state index is 14.3. The second-order valence-corrected chi connectivity index (χ2v) is 19.2. The van der Waals surface area contributed by atoms with Crippen LogP contribution in [0, 0.1) is 17.2 Å². The number of aromatic nitrogens is 1. The van der Waals surface area contributed by atoms with Crippen LogP contribution in [0.5, 0.6) is 5.75 Å². The van der Waals surface area contributed by atoms with Crippen LogP contribution in [0.4, 0.5) is 11.4 Å². The number of carbonyl (C=O) groups excluding carboxylic acids is 6. The van der Waals surface area contributed by atoms with Crippen LogP contribution in [0.1, 0.15) is 122 Å². The minimum absolute atomic E-state index is 0.0101. The third kappa shape index (κ3) is 9.69. The molecular weight excluding hydrogens is 919 g/mol. The molecule has 0 spiro atoms. The van der Waals surface area contributed by atoms with Gasteiger partial charge in [0.15, 0.2) is 5.78 Å². The summed E-state index contributed by atoms with van der Waals surface area (Å²) in [6.07, 6.45) is 2.91. The summed E-state index contributed by atoms with van der Waals surface area (Å²) in [4.78, 5) is 84.9. The number of aromatic amines is 1. The highest BCUT2D eigenvalue weighted by Gasteiger charge is 2.46. The number of ether oxygens (including phenoxy) is 3. The highest BCUT2D eigenvalue weighted by atomic mass is 16.5. The maximum Gasteiger partial charge on any atom is 0.264 e. The van der Waals surface area contributed by atoms with E-state index in [-0.39, 0.29) is 65.6 Å². The van der Waals surface area contributed by atoms with Gasteiger partial charge in [0.2, 0.25) is 11.8 Å². The number of anilines is 2. The number of piperidine rings is 2. The van der Waals surface area contributed by atoms with E-state index in [0.717, 1.165) is 70.7 Å². The summed E-state index contributed by atoms with van der Waals surface area (Å²) in [7, 11) is 0. The fourth-order valence-corrected chi connectivity index (χ4v) is 10.7. The van der Waals surface area contributed by atoms with Gasteiger partial charge in [0.25, 0.3) is 17.7 Å². The van der Waals surface area contributed by atoms with Gasteiger partial charge in [-0.05, 0) is 97.7 Å². The molecule has 4 aliphatic rings. The van der Waals surface area contributed by atoms with Gasteiger partial charge < -0.3 is 39.8 Å². The number of nitrogens with one attached hydrogen (secondary N) is 4. The van der Waals surface area contributed by atoms with Crippen molar-refractivity contribution in [3.8, 4) is 11.8 Å². The topological polar surface area (TPSA) is 232 Å². The Morgan fingerprint density at radius 1 is 0.875 bits per heavy atom. The Morgan fingerprint density at radius 3 is 2.39 bits per heavy atom. The molecule has 0 bridgehead atoms. The summed E-state index contributed by atoms with van der Waals surface area (Å²) >= 11 is 0. The number of phenolic OH excluding ortho intramolecular Hbond substituents is 1. The van der Waals surface area contributed by atoms with E-state index in [9.17, 15) is 39.1 Å². The standard InChI is InChI=1S/C55H59N7O10/c1-4-33-29-38-39(55(2,3)50-48(49(38)65)35-13-12-32(31-56)28-41(35)59-50)30-43(33)61-21-17-34(18-22-61)45(16-19-58-51(66)36-8-5-6-11-44(36)63)72-27-26-71-25-24-70-23-20-57-40-10-7-9-37-47(40)54(69)62(53(37)68)42-14-15-46(64)60-52(42)67/h5-13,28-30,34,42,45,57,59,63H,4,14-27H2,1-3H3,(H,58,66)(H,60,64,67). The van der Waals surface area contributed by atoms with Crippen LogP contribution in [0.15, 0.2) is 72.8 Å². The molecule has 5 aromatic rings. The zero-order chi connectivity index (χ0) is 50.7. The van der Waals surface area contributed by atoms with Crippen molar-refractivity contribution in [3.05, 3.63) is 123 Å². The van der Waals surface area contributed by atoms with Gasteiger partial charge in [0.1, 0.15) is 11.8 Å². The van der Waals surface area contributed by atoms with Crippen molar-refractivity contribution in [3.63, 3.8) is 0 Å². The van der Waals surface area contributed by atoms with Gasteiger partial charge in [-0.15, -0.1) is 0 Å². The van der Waals surface area contributed by atoms with E-state index in [4.69, 9.17) is 14.2 Å². The van der Waals surface area contributed by atoms with Gasteiger partial charge in [-0.25, -0.2) is 0 Å². The lowest BCUT2D eigenvalue weighted by atomic mass is 9.70. The molecule has 1 aliphatic carbocycles. The molecule has 4 aromatic carbocycles. The summed E-state index contributed by atoms with van der Waals surface area (Å²) in [5.74, 6) is -2.52. The van der Waals surface area contributed by atoms with Crippen LogP contribution in [-0.2, 0) is 35.6 Å². The number of H-pyrrole nitrogens is 1. The summed E-state index contributed by atoms with van der Waals surface area (Å²) in [6, 6.07) is 22.2. The van der Waals surface area contributed by atoms with E-state index >= 15 is 0 Å². The van der Waals surface area contributed by atoms with Gasteiger partial charge in [-0.2, -0.15) is 5.26 Å². The average Bonchev–Trinajstić information content (AvgIpc) is 3.90. The predicted molar refractivity (Wildman–Crippen MR) is 267 cm³/mol. The van der Waals surface area contributed by atoms with E-state index in [0.29, 0.717) is 68.3 Å². The van der Waals surface area contributed by atoms with Crippen LogP contribution < -0.4 is 20.9 Å². The van der Waals surface area contributed by atoms with Crippen molar-refractivity contribution in [2.45, 2.75) is 76.9 Å². The van der Waals surface area contributed by atoms with Crippen molar-refractivity contribution in [1.82, 2.24) is 20.5 Å².